The summed E-state index contributed by atoms with van der Waals surface area (Å²) in [7, 11) is 0. The van der Waals surface area contributed by atoms with E-state index >= 15 is 0 Å². The first-order valence-corrected chi connectivity index (χ1v) is 9.48. The standard InChI is InChI=1S/C22H18N2O2S/c25-22(13-12-21-23-19-10-4-5-11-20(19)27-21)24(16-18-9-6-14-26-18)15-17-7-2-1-3-8-17/h1-14H,15-16H2/b13-12+. The van der Waals surface area contributed by atoms with Gasteiger partial charge in [-0.05, 0) is 35.9 Å². The monoisotopic (exact) mass is 374 g/mol. The minimum atomic E-state index is -0.0745. The summed E-state index contributed by atoms with van der Waals surface area (Å²) < 4.78 is 6.54. The van der Waals surface area contributed by atoms with Crippen molar-refractivity contribution >= 4 is 33.5 Å². The number of para-hydroxylation sites is 1. The zero-order valence-corrected chi connectivity index (χ0v) is 15.4. The first-order valence-electron chi connectivity index (χ1n) is 8.67. The second kappa shape index (κ2) is 8.01. The number of fused-ring (bicyclic) bond motifs is 1. The SMILES string of the molecule is O=C(/C=C/c1nc2ccccc2s1)N(Cc1ccccc1)Cc1ccco1. The van der Waals surface area contributed by atoms with Crippen LogP contribution in [0.3, 0.4) is 0 Å². The molecule has 2 aromatic heterocycles. The van der Waals surface area contributed by atoms with Crippen molar-refractivity contribution in [3.05, 3.63) is 95.4 Å². The summed E-state index contributed by atoms with van der Waals surface area (Å²) in [4.78, 5) is 19.1. The molecule has 0 N–H and O–H groups in total. The lowest BCUT2D eigenvalue weighted by Crippen LogP contribution is -2.28. The Balaban J connectivity index is 1.53. The van der Waals surface area contributed by atoms with Crippen LogP contribution in [0.15, 0.2) is 83.5 Å². The smallest absolute Gasteiger partial charge is 0.247 e. The normalized spacial score (nSPS) is 11.3. The average molecular weight is 374 g/mol. The van der Waals surface area contributed by atoms with Crippen molar-refractivity contribution in [2.45, 2.75) is 13.1 Å². The predicted molar refractivity (Wildman–Crippen MR) is 108 cm³/mol. The molecule has 0 unspecified atom stereocenters. The summed E-state index contributed by atoms with van der Waals surface area (Å²) in [6.45, 7) is 0.940. The lowest BCUT2D eigenvalue weighted by Gasteiger charge is -2.20. The third-order valence-corrected chi connectivity index (χ3v) is 5.14. The Bertz CT molecular complexity index is 1020. The van der Waals surface area contributed by atoms with E-state index in [4.69, 9.17) is 4.42 Å². The quantitative estimate of drug-likeness (QED) is 0.440. The molecule has 0 bridgehead atoms. The summed E-state index contributed by atoms with van der Waals surface area (Å²) in [5, 5.41) is 0.821. The van der Waals surface area contributed by atoms with Crippen LogP contribution in [0.2, 0.25) is 0 Å². The van der Waals surface area contributed by atoms with Crippen LogP contribution in [0.5, 0.6) is 0 Å². The maximum Gasteiger partial charge on any atom is 0.247 e. The summed E-state index contributed by atoms with van der Waals surface area (Å²) in [6.07, 6.45) is 4.99. The Labute approximate surface area is 161 Å². The highest BCUT2D eigenvalue weighted by molar-refractivity contribution is 7.19. The molecule has 4 aromatic rings. The summed E-state index contributed by atoms with van der Waals surface area (Å²) >= 11 is 1.57. The lowest BCUT2D eigenvalue weighted by molar-refractivity contribution is -0.127. The van der Waals surface area contributed by atoms with Gasteiger partial charge in [-0.2, -0.15) is 0 Å². The molecule has 134 valence electrons. The number of hydrogen-bond donors (Lipinski definition) is 0. The third-order valence-electron chi connectivity index (χ3n) is 4.13. The van der Waals surface area contributed by atoms with E-state index in [9.17, 15) is 4.79 Å². The molecule has 5 heteroatoms. The molecular formula is C22H18N2O2S. The number of hydrogen-bond acceptors (Lipinski definition) is 4. The van der Waals surface area contributed by atoms with E-state index in [0.717, 1.165) is 26.5 Å². The van der Waals surface area contributed by atoms with Crippen molar-refractivity contribution in [3.63, 3.8) is 0 Å². The second-order valence-corrected chi connectivity index (χ2v) is 7.17. The zero-order chi connectivity index (χ0) is 18.5. The van der Waals surface area contributed by atoms with Crippen LogP contribution >= 0.6 is 11.3 Å². The Morgan fingerprint density at radius 3 is 2.59 bits per heavy atom. The number of benzene rings is 2. The molecule has 0 aliphatic carbocycles. The number of aromatic nitrogens is 1. The van der Waals surface area contributed by atoms with Gasteiger partial charge < -0.3 is 9.32 Å². The largest absolute Gasteiger partial charge is 0.467 e. The van der Waals surface area contributed by atoms with Crippen LogP contribution in [0.25, 0.3) is 16.3 Å². The van der Waals surface area contributed by atoms with E-state index in [1.165, 1.54) is 0 Å². The molecule has 4 nitrogen and oxygen atoms in total. The van der Waals surface area contributed by atoms with Crippen LogP contribution in [-0.2, 0) is 17.9 Å². The lowest BCUT2D eigenvalue weighted by atomic mass is 10.2. The molecular weight excluding hydrogens is 356 g/mol. The van der Waals surface area contributed by atoms with E-state index in [1.807, 2.05) is 66.7 Å². The van der Waals surface area contributed by atoms with Crippen molar-refractivity contribution in [2.24, 2.45) is 0 Å². The van der Waals surface area contributed by atoms with E-state index in [0.29, 0.717) is 13.1 Å². The van der Waals surface area contributed by atoms with Gasteiger partial charge in [-0.25, -0.2) is 4.98 Å². The van der Waals surface area contributed by atoms with E-state index < -0.39 is 0 Å². The fraction of sp³-hybridized carbons (Fsp3) is 0.0909. The molecule has 0 fully saturated rings. The highest BCUT2D eigenvalue weighted by Gasteiger charge is 2.14. The van der Waals surface area contributed by atoms with Crippen molar-refractivity contribution < 1.29 is 9.21 Å². The fourth-order valence-electron chi connectivity index (χ4n) is 2.82. The second-order valence-electron chi connectivity index (χ2n) is 6.11. The predicted octanol–water partition coefficient (Wildman–Crippen LogP) is 5.13. The van der Waals surface area contributed by atoms with E-state index in [-0.39, 0.29) is 5.91 Å². The van der Waals surface area contributed by atoms with E-state index in [1.54, 1.807) is 34.7 Å². The first kappa shape index (κ1) is 17.2. The summed E-state index contributed by atoms with van der Waals surface area (Å²) in [5.41, 5.74) is 2.03. The Morgan fingerprint density at radius 2 is 1.81 bits per heavy atom. The number of furan rings is 1. The van der Waals surface area contributed by atoms with Gasteiger partial charge in [-0.15, -0.1) is 11.3 Å². The van der Waals surface area contributed by atoms with Gasteiger partial charge >= 0.3 is 0 Å². The van der Waals surface area contributed by atoms with Crippen molar-refractivity contribution in [1.29, 1.82) is 0 Å². The molecule has 0 saturated heterocycles. The van der Waals surface area contributed by atoms with Gasteiger partial charge in [-0.1, -0.05) is 42.5 Å². The molecule has 2 aromatic carbocycles. The van der Waals surface area contributed by atoms with Gasteiger partial charge in [0.15, 0.2) is 0 Å². The highest BCUT2D eigenvalue weighted by atomic mass is 32.1. The van der Waals surface area contributed by atoms with Crippen LogP contribution in [0, 0.1) is 0 Å². The molecule has 0 spiro atoms. The Kier molecular flexibility index (Phi) is 5.12. The van der Waals surface area contributed by atoms with Gasteiger partial charge in [0.2, 0.25) is 5.91 Å². The summed E-state index contributed by atoms with van der Waals surface area (Å²) in [6, 6.07) is 21.6. The fourth-order valence-corrected chi connectivity index (χ4v) is 3.69. The van der Waals surface area contributed by atoms with Gasteiger partial charge in [0, 0.05) is 12.6 Å². The van der Waals surface area contributed by atoms with Crippen LogP contribution in [0.1, 0.15) is 16.3 Å². The average Bonchev–Trinajstić information content (AvgIpc) is 3.35. The van der Waals surface area contributed by atoms with Gasteiger partial charge in [0.1, 0.15) is 10.8 Å². The Hall–Kier alpha value is -3.18. The van der Waals surface area contributed by atoms with Gasteiger partial charge in [-0.3, -0.25) is 4.79 Å². The number of rotatable bonds is 6. The molecule has 27 heavy (non-hydrogen) atoms. The van der Waals surface area contributed by atoms with Crippen molar-refractivity contribution in [3.8, 4) is 0 Å². The third kappa shape index (κ3) is 4.33. The van der Waals surface area contributed by atoms with E-state index in [2.05, 4.69) is 4.98 Å². The highest BCUT2D eigenvalue weighted by Crippen LogP contribution is 2.22. The van der Waals surface area contributed by atoms with Gasteiger partial charge in [0.25, 0.3) is 0 Å². The zero-order valence-electron chi connectivity index (χ0n) is 14.6. The topological polar surface area (TPSA) is 46.3 Å². The van der Waals surface area contributed by atoms with Crippen LogP contribution in [-0.4, -0.2) is 15.8 Å². The molecule has 0 aliphatic heterocycles. The minimum Gasteiger partial charge on any atom is -0.467 e. The molecule has 2 heterocycles. The minimum absolute atomic E-state index is 0.0745. The number of thiazole rings is 1. The first-order chi connectivity index (χ1) is 13.3. The number of carbonyl (C=O) groups excluding carboxylic acids is 1. The molecule has 0 atom stereocenters. The molecule has 4 rings (SSSR count). The summed E-state index contributed by atoms with van der Waals surface area (Å²) in [5.74, 6) is 0.683. The van der Waals surface area contributed by atoms with Crippen molar-refractivity contribution in [2.75, 3.05) is 0 Å². The van der Waals surface area contributed by atoms with Crippen molar-refractivity contribution in [1.82, 2.24) is 9.88 Å². The van der Waals surface area contributed by atoms with Crippen LogP contribution in [0.4, 0.5) is 0 Å². The maximum absolute atomic E-state index is 12.8. The molecule has 1 amide bonds. The molecule has 0 radical (unpaired) electrons. The van der Waals surface area contributed by atoms with Crippen LogP contribution < -0.4 is 0 Å². The number of carbonyl (C=O) groups is 1. The number of nitrogens with zero attached hydrogens (tertiary/aromatic N) is 2. The van der Waals surface area contributed by atoms with Gasteiger partial charge in [0.05, 0.1) is 23.0 Å². The molecule has 0 saturated carbocycles. The number of amides is 1. The Morgan fingerprint density at radius 1 is 1.00 bits per heavy atom. The maximum atomic E-state index is 12.8. The molecule has 0 aliphatic rings.